The van der Waals surface area contributed by atoms with Gasteiger partial charge in [0.25, 0.3) is 0 Å². The first kappa shape index (κ1) is 13.9. The predicted octanol–water partition coefficient (Wildman–Crippen LogP) is 4.07. The van der Waals surface area contributed by atoms with E-state index in [1.165, 1.54) is 4.90 Å². The molecule has 90 valence electrons. The normalized spacial score (nSPS) is 11.8. The molecule has 0 spiro atoms. The number of hydrogen-bond donors (Lipinski definition) is 1. The number of nitrogens with one attached hydrogen (secondary N) is 1. The van der Waals surface area contributed by atoms with Gasteiger partial charge in [-0.25, -0.2) is 0 Å². The molecule has 1 N–H and O–H groups in total. The van der Waals surface area contributed by atoms with Gasteiger partial charge in [-0.15, -0.1) is 11.8 Å². The van der Waals surface area contributed by atoms with Crippen LogP contribution >= 0.6 is 23.4 Å². The van der Waals surface area contributed by atoms with Crippen molar-refractivity contribution in [2.45, 2.75) is 25.7 Å². The van der Waals surface area contributed by atoms with Crippen molar-refractivity contribution in [3.63, 3.8) is 0 Å². The van der Waals surface area contributed by atoms with Crippen LogP contribution in [0, 0.1) is 5.41 Å². The highest BCUT2D eigenvalue weighted by Crippen LogP contribution is 2.19. The summed E-state index contributed by atoms with van der Waals surface area (Å²) in [5.74, 6) is 1.09. The maximum absolute atomic E-state index is 5.82. The predicted molar refractivity (Wildman–Crippen MR) is 74.5 cm³/mol. The van der Waals surface area contributed by atoms with Crippen LogP contribution in [0.5, 0.6) is 0 Å². The summed E-state index contributed by atoms with van der Waals surface area (Å²) < 4.78 is 0. The van der Waals surface area contributed by atoms with Crippen molar-refractivity contribution in [2.75, 3.05) is 18.8 Å². The molecule has 0 aliphatic carbocycles. The average molecular weight is 258 g/mol. The van der Waals surface area contributed by atoms with Crippen LogP contribution in [-0.2, 0) is 0 Å². The molecule has 0 aliphatic heterocycles. The molecule has 0 atom stereocenters. The van der Waals surface area contributed by atoms with E-state index in [4.69, 9.17) is 11.6 Å². The first-order chi connectivity index (χ1) is 7.47. The first-order valence-electron chi connectivity index (χ1n) is 5.56. The SMILES string of the molecule is CC(C)(C)CNCCSc1ccc(Cl)cc1. The molecule has 0 amide bonds. The highest BCUT2D eigenvalue weighted by Gasteiger charge is 2.08. The Bertz CT molecular complexity index is 303. The molecule has 1 aromatic carbocycles. The molecule has 0 saturated carbocycles. The van der Waals surface area contributed by atoms with Crippen LogP contribution in [0.4, 0.5) is 0 Å². The van der Waals surface area contributed by atoms with E-state index in [1.54, 1.807) is 0 Å². The molecule has 0 aromatic heterocycles. The van der Waals surface area contributed by atoms with Crippen molar-refractivity contribution >= 4 is 23.4 Å². The quantitative estimate of drug-likeness (QED) is 0.631. The molecule has 0 fully saturated rings. The van der Waals surface area contributed by atoms with Gasteiger partial charge in [-0.2, -0.15) is 0 Å². The molecule has 1 rings (SSSR count). The third-order valence-electron chi connectivity index (χ3n) is 2.02. The molecule has 1 aromatic rings. The molecular weight excluding hydrogens is 238 g/mol. The van der Waals surface area contributed by atoms with Crippen LogP contribution < -0.4 is 5.32 Å². The van der Waals surface area contributed by atoms with E-state index in [0.717, 1.165) is 23.9 Å². The summed E-state index contributed by atoms with van der Waals surface area (Å²) in [6.07, 6.45) is 0. The molecule has 0 unspecified atom stereocenters. The lowest BCUT2D eigenvalue weighted by molar-refractivity contribution is 0.385. The lowest BCUT2D eigenvalue weighted by Crippen LogP contribution is -2.28. The van der Waals surface area contributed by atoms with E-state index in [9.17, 15) is 0 Å². The summed E-state index contributed by atoms with van der Waals surface area (Å²) in [7, 11) is 0. The molecule has 3 heteroatoms. The van der Waals surface area contributed by atoms with Crippen LogP contribution in [0.2, 0.25) is 5.02 Å². The standard InChI is InChI=1S/C13H20ClNS/c1-13(2,3)10-15-8-9-16-12-6-4-11(14)5-7-12/h4-7,15H,8-10H2,1-3H3. The monoisotopic (exact) mass is 257 g/mol. The van der Waals surface area contributed by atoms with E-state index in [2.05, 4.69) is 38.2 Å². The number of benzene rings is 1. The molecule has 16 heavy (non-hydrogen) atoms. The van der Waals surface area contributed by atoms with Crippen LogP contribution in [0.3, 0.4) is 0 Å². The molecular formula is C13H20ClNS. The Kier molecular flexibility index (Phi) is 5.67. The summed E-state index contributed by atoms with van der Waals surface area (Å²) in [4.78, 5) is 1.28. The van der Waals surface area contributed by atoms with E-state index >= 15 is 0 Å². The third-order valence-corrected chi connectivity index (χ3v) is 3.28. The molecule has 1 nitrogen and oxygen atoms in total. The number of halogens is 1. The van der Waals surface area contributed by atoms with Gasteiger partial charge in [-0.3, -0.25) is 0 Å². The second-order valence-electron chi connectivity index (χ2n) is 5.04. The zero-order chi connectivity index (χ0) is 12.0. The van der Waals surface area contributed by atoms with Gasteiger partial charge in [0.2, 0.25) is 0 Å². The maximum Gasteiger partial charge on any atom is 0.0406 e. The smallest absolute Gasteiger partial charge is 0.0406 e. The zero-order valence-corrected chi connectivity index (χ0v) is 11.8. The van der Waals surface area contributed by atoms with E-state index in [-0.39, 0.29) is 0 Å². The van der Waals surface area contributed by atoms with Gasteiger partial charge >= 0.3 is 0 Å². The Labute approximate surface area is 108 Å². The Morgan fingerprint density at radius 1 is 1.19 bits per heavy atom. The number of hydrogen-bond acceptors (Lipinski definition) is 2. The van der Waals surface area contributed by atoms with Gasteiger partial charge in [0.1, 0.15) is 0 Å². The maximum atomic E-state index is 5.82. The Morgan fingerprint density at radius 3 is 2.38 bits per heavy atom. The summed E-state index contributed by atoms with van der Waals surface area (Å²) in [6, 6.07) is 8.01. The minimum Gasteiger partial charge on any atom is -0.315 e. The highest BCUT2D eigenvalue weighted by atomic mass is 35.5. The fraction of sp³-hybridized carbons (Fsp3) is 0.538. The summed E-state index contributed by atoms with van der Waals surface area (Å²) in [5.41, 5.74) is 0.366. The average Bonchev–Trinajstić information content (AvgIpc) is 2.19. The fourth-order valence-corrected chi connectivity index (χ4v) is 2.17. The second kappa shape index (κ2) is 6.53. The summed E-state index contributed by atoms with van der Waals surface area (Å²) in [5, 5.41) is 4.26. The third kappa shape index (κ3) is 6.41. The highest BCUT2D eigenvalue weighted by molar-refractivity contribution is 7.99. The second-order valence-corrected chi connectivity index (χ2v) is 6.64. The van der Waals surface area contributed by atoms with E-state index in [0.29, 0.717) is 5.41 Å². The first-order valence-corrected chi connectivity index (χ1v) is 6.93. The van der Waals surface area contributed by atoms with Gasteiger partial charge in [-0.1, -0.05) is 32.4 Å². The van der Waals surface area contributed by atoms with Crippen LogP contribution in [0.25, 0.3) is 0 Å². The summed E-state index contributed by atoms with van der Waals surface area (Å²) in [6.45, 7) is 8.84. The van der Waals surface area contributed by atoms with Crippen molar-refractivity contribution in [3.05, 3.63) is 29.3 Å². The topological polar surface area (TPSA) is 12.0 Å². The minimum atomic E-state index is 0.366. The Hall–Kier alpha value is -0.180. The Balaban J connectivity index is 2.14. The van der Waals surface area contributed by atoms with Gasteiger partial charge < -0.3 is 5.32 Å². The molecule has 0 saturated heterocycles. The molecule has 0 aliphatic rings. The van der Waals surface area contributed by atoms with Crippen molar-refractivity contribution in [2.24, 2.45) is 5.41 Å². The number of rotatable bonds is 5. The van der Waals surface area contributed by atoms with Gasteiger partial charge in [0, 0.05) is 28.8 Å². The Morgan fingerprint density at radius 2 is 1.81 bits per heavy atom. The molecule has 0 heterocycles. The van der Waals surface area contributed by atoms with E-state index in [1.807, 2.05) is 23.9 Å². The summed E-state index contributed by atoms with van der Waals surface area (Å²) >= 11 is 7.68. The van der Waals surface area contributed by atoms with Crippen molar-refractivity contribution in [3.8, 4) is 0 Å². The van der Waals surface area contributed by atoms with Crippen LogP contribution in [-0.4, -0.2) is 18.8 Å². The number of thioether (sulfide) groups is 1. The van der Waals surface area contributed by atoms with Gasteiger partial charge in [0.05, 0.1) is 0 Å². The van der Waals surface area contributed by atoms with Gasteiger partial charge in [0.15, 0.2) is 0 Å². The van der Waals surface area contributed by atoms with Gasteiger partial charge in [-0.05, 0) is 29.7 Å². The van der Waals surface area contributed by atoms with Crippen molar-refractivity contribution in [1.82, 2.24) is 5.32 Å². The van der Waals surface area contributed by atoms with Crippen molar-refractivity contribution in [1.29, 1.82) is 0 Å². The minimum absolute atomic E-state index is 0.366. The molecule has 0 radical (unpaired) electrons. The fourth-order valence-electron chi connectivity index (χ4n) is 1.24. The van der Waals surface area contributed by atoms with Crippen molar-refractivity contribution < 1.29 is 0 Å². The lowest BCUT2D eigenvalue weighted by Gasteiger charge is -2.18. The largest absolute Gasteiger partial charge is 0.315 e. The lowest BCUT2D eigenvalue weighted by atomic mass is 9.97. The van der Waals surface area contributed by atoms with Crippen LogP contribution in [0.1, 0.15) is 20.8 Å². The van der Waals surface area contributed by atoms with Crippen LogP contribution in [0.15, 0.2) is 29.2 Å². The molecule has 0 bridgehead atoms. The van der Waals surface area contributed by atoms with E-state index < -0.39 is 0 Å². The zero-order valence-electron chi connectivity index (χ0n) is 10.2.